The molecular weight excluding hydrogens is 955 g/mol. The van der Waals surface area contributed by atoms with Gasteiger partial charge >= 0.3 is 5.97 Å². The Morgan fingerprint density at radius 1 is 0.474 bits per heavy atom. The summed E-state index contributed by atoms with van der Waals surface area (Å²) in [4.78, 5) is 25.1. The lowest BCUT2D eigenvalue weighted by molar-refractivity contribution is -0.302. The Kier molecular flexibility index (Phi) is 52.7. The van der Waals surface area contributed by atoms with Crippen molar-refractivity contribution in [1.29, 1.82) is 0 Å². The number of esters is 1. The van der Waals surface area contributed by atoms with Crippen molar-refractivity contribution in [3.05, 3.63) is 12.2 Å². The maximum atomic E-state index is 13.0. The number of allylic oxidation sites excluding steroid dienone is 1. The Morgan fingerprint density at radius 3 is 1.22 bits per heavy atom. The first-order valence-corrected chi connectivity index (χ1v) is 33.0. The molecule has 0 aromatic rings. The van der Waals surface area contributed by atoms with Crippen LogP contribution in [0.2, 0.25) is 0 Å². The van der Waals surface area contributed by atoms with Gasteiger partial charge in [0.05, 0.1) is 32.0 Å². The van der Waals surface area contributed by atoms with E-state index < -0.39 is 49.5 Å². The lowest BCUT2D eigenvalue weighted by atomic mass is 9.99. The molecule has 1 rings (SSSR count). The number of carbonyl (C=O) groups excluding carboxylic acids is 2. The topological polar surface area (TPSA) is 175 Å². The molecule has 0 bridgehead atoms. The molecule has 1 aliphatic rings. The molecule has 450 valence electrons. The number of amides is 1. The molecule has 0 radical (unpaired) electrons. The largest absolute Gasteiger partial charge is 0.466 e. The number of carbonyl (C=O) groups is 2. The minimum absolute atomic E-state index is 0.00780. The van der Waals surface area contributed by atoms with Gasteiger partial charge in [0, 0.05) is 12.8 Å². The van der Waals surface area contributed by atoms with Crippen LogP contribution in [0.25, 0.3) is 0 Å². The molecule has 1 amide bonds. The molecule has 1 saturated heterocycles. The summed E-state index contributed by atoms with van der Waals surface area (Å²) < 4.78 is 16.7. The second kappa shape index (κ2) is 55.3. The van der Waals surface area contributed by atoms with Gasteiger partial charge in [0.2, 0.25) is 5.91 Å². The van der Waals surface area contributed by atoms with Gasteiger partial charge in [-0.25, -0.2) is 0 Å². The lowest BCUT2D eigenvalue weighted by Gasteiger charge is -2.40. The van der Waals surface area contributed by atoms with Crippen molar-refractivity contribution in [3.8, 4) is 0 Å². The molecule has 76 heavy (non-hydrogen) atoms. The normalized spacial score (nSPS) is 18.6. The fourth-order valence-corrected chi connectivity index (χ4v) is 10.7. The summed E-state index contributed by atoms with van der Waals surface area (Å²) in [7, 11) is 0. The van der Waals surface area contributed by atoms with Crippen molar-refractivity contribution < 1.29 is 49.3 Å². The van der Waals surface area contributed by atoms with Crippen molar-refractivity contribution in [2.75, 3.05) is 19.8 Å². The summed E-state index contributed by atoms with van der Waals surface area (Å²) in [6, 6.07) is -0.806. The summed E-state index contributed by atoms with van der Waals surface area (Å²) in [6.07, 6.45) is 56.3. The van der Waals surface area contributed by atoms with Crippen LogP contribution in [-0.4, -0.2) is 100 Å². The quantitative estimate of drug-likeness (QED) is 0.0195. The molecule has 11 heteroatoms. The molecule has 1 fully saturated rings. The molecule has 0 saturated carbocycles. The van der Waals surface area contributed by atoms with E-state index in [9.17, 15) is 35.1 Å². The number of aliphatic hydroxyl groups is 5. The molecule has 0 spiro atoms. The Hall–Kier alpha value is -1.60. The van der Waals surface area contributed by atoms with E-state index >= 15 is 0 Å². The van der Waals surface area contributed by atoms with Gasteiger partial charge in [-0.15, -0.1) is 0 Å². The minimum Gasteiger partial charge on any atom is -0.466 e. The van der Waals surface area contributed by atoms with Crippen LogP contribution < -0.4 is 5.32 Å². The van der Waals surface area contributed by atoms with Gasteiger partial charge in [-0.3, -0.25) is 9.59 Å². The molecular formula is C65H125NO10. The van der Waals surface area contributed by atoms with Gasteiger partial charge in [0.25, 0.3) is 0 Å². The van der Waals surface area contributed by atoms with E-state index in [1.807, 2.05) is 6.08 Å². The third-order valence-corrected chi connectivity index (χ3v) is 15.9. The molecule has 1 aliphatic heterocycles. The number of nitrogens with one attached hydrogen (secondary N) is 1. The van der Waals surface area contributed by atoms with Gasteiger partial charge < -0.3 is 45.1 Å². The zero-order chi connectivity index (χ0) is 55.2. The van der Waals surface area contributed by atoms with Gasteiger partial charge in [0.15, 0.2) is 6.29 Å². The third-order valence-electron chi connectivity index (χ3n) is 15.9. The van der Waals surface area contributed by atoms with Crippen molar-refractivity contribution in [2.24, 2.45) is 0 Å². The number of rotatable bonds is 58. The predicted molar refractivity (Wildman–Crippen MR) is 315 cm³/mol. The second-order valence-corrected chi connectivity index (χ2v) is 23.2. The van der Waals surface area contributed by atoms with Crippen molar-refractivity contribution in [1.82, 2.24) is 5.32 Å². The Bertz CT molecular complexity index is 1270. The Morgan fingerprint density at radius 2 is 0.829 bits per heavy atom. The van der Waals surface area contributed by atoms with Crippen LogP contribution in [0, 0.1) is 0 Å². The summed E-state index contributed by atoms with van der Waals surface area (Å²) in [6.45, 7) is 4.35. The fourth-order valence-electron chi connectivity index (χ4n) is 10.7. The summed E-state index contributed by atoms with van der Waals surface area (Å²) in [5, 5.41) is 54.2. The SMILES string of the molecule is CCCCCCCCC/C=C/C(O)C(COC1OC(CO)C(O)C(O)C1O)NC(=O)CCCCCCCCCCCCCCCCCCCCCCCCCCOC(=O)CCCCCCCCCCCCCCCCC. The number of hydrogen-bond acceptors (Lipinski definition) is 10. The van der Waals surface area contributed by atoms with Crippen LogP contribution >= 0.6 is 0 Å². The van der Waals surface area contributed by atoms with Crippen LogP contribution in [-0.2, 0) is 23.8 Å². The fraction of sp³-hybridized carbons (Fsp3) is 0.938. The van der Waals surface area contributed by atoms with E-state index in [1.54, 1.807) is 6.08 Å². The zero-order valence-electron chi connectivity index (χ0n) is 49.7. The summed E-state index contributed by atoms with van der Waals surface area (Å²) in [5.74, 6) is -0.173. The monoisotopic (exact) mass is 1080 g/mol. The Labute approximate surface area is 468 Å². The molecule has 0 aromatic carbocycles. The number of unbranched alkanes of at least 4 members (excludes halogenated alkanes) is 44. The van der Waals surface area contributed by atoms with E-state index in [2.05, 4.69) is 19.2 Å². The first-order chi connectivity index (χ1) is 37.2. The van der Waals surface area contributed by atoms with Gasteiger partial charge in [0.1, 0.15) is 24.4 Å². The maximum absolute atomic E-state index is 13.0. The standard InChI is InChI=1S/C65H125NO10/c1-3-5-7-9-11-13-14-15-26-30-33-37-41-45-49-53-61(70)74-54-50-46-42-38-34-31-28-25-23-21-19-17-16-18-20-22-24-27-29-32-36-40-44-48-52-60(69)66-57(58(68)51-47-43-39-35-12-10-8-6-4-2)56-75-65-64(73)63(72)62(71)59(55-67)76-65/h47,51,57-59,62-65,67-68,71-73H,3-46,48-50,52-56H2,1-2H3,(H,66,69)/b51-47+. The first kappa shape index (κ1) is 72.4. The molecule has 0 aliphatic carbocycles. The highest BCUT2D eigenvalue weighted by Gasteiger charge is 2.44. The van der Waals surface area contributed by atoms with Crippen LogP contribution in [0.15, 0.2) is 12.2 Å². The molecule has 6 N–H and O–H groups in total. The van der Waals surface area contributed by atoms with Crippen LogP contribution in [0.1, 0.15) is 328 Å². The average Bonchev–Trinajstić information content (AvgIpc) is 3.42. The Balaban J connectivity index is 1.94. The van der Waals surface area contributed by atoms with E-state index in [1.165, 1.54) is 244 Å². The van der Waals surface area contributed by atoms with E-state index in [0.29, 0.717) is 19.4 Å². The average molecular weight is 1080 g/mol. The van der Waals surface area contributed by atoms with Crippen LogP contribution in [0.3, 0.4) is 0 Å². The summed E-state index contributed by atoms with van der Waals surface area (Å²) in [5.41, 5.74) is 0. The maximum Gasteiger partial charge on any atom is 0.305 e. The summed E-state index contributed by atoms with van der Waals surface area (Å²) >= 11 is 0. The lowest BCUT2D eigenvalue weighted by Crippen LogP contribution is -2.60. The highest BCUT2D eigenvalue weighted by atomic mass is 16.7. The molecule has 7 unspecified atom stereocenters. The molecule has 1 heterocycles. The molecule has 11 nitrogen and oxygen atoms in total. The minimum atomic E-state index is -1.57. The number of hydrogen-bond donors (Lipinski definition) is 6. The highest BCUT2D eigenvalue weighted by molar-refractivity contribution is 5.76. The predicted octanol–water partition coefficient (Wildman–Crippen LogP) is 15.9. The second-order valence-electron chi connectivity index (χ2n) is 23.2. The van der Waals surface area contributed by atoms with Crippen molar-refractivity contribution >= 4 is 11.9 Å². The van der Waals surface area contributed by atoms with E-state index in [0.717, 1.165) is 57.8 Å². The van der Waals surface area contributed by atoms with Crippen LogP contribution in [0.5, 0.6) is 0 Å². The van der Waals surface area contributed by atoms with Gasteiger partial charge in [-0.1, -0.05) is 296 Å². The third kappa shape index (κ3) is 44.2. The highest BCUT2D eigenvalue weighted by Crippen LogP contribution is 2.23. The zero-order valence-corrected chi connectivity index (χ0v) is 49.7. The van der Waals surface area contributed by atoms with Gasteiger partial charge in [-0.05, 0) is 32.1 Å². The smallest absolute Gasteiger partial charge is 0.305 e. The van der Waals surface area contributed by atoms with Crippen molar-refractivity contribution in [2.45, 2.75) is 371 Å². The van der Waals surface area contributed by atoms with E-state index in [-0.39, 0.29) is 18.5 Å². The van der Waals surface area contributed by atoms with Crippen molar-refractivity contribution in [3.63, 3.8) is 0 Å². The number of aliphatic hydroxyl groups excluding tert-OH is 5. The first-order valence-electron chi connectivity index (χ1n) is 33.0. The number of ether oxygens (including phenoxy) is 3. The van der Waals surface area contributed by atoms with E-state index in [4.69, 9.17) is 14.2 Å². The van der Waals surface area contributed by atoms with Gasteiger partial charge in [-0.2, -0.15) is 0 Å². The molecule has 0 aromatic heterocycles. The molecule has 7 atom stereocenters. The van der Waals surface area contributed by atoms with Crippen LogP contribution in [0.4, 0.5) is 0 Å².